The SMILES string of the molecule is CC1CC1c1nc(-c2ncn3c2[C@@H](C)N(Cc2ccccn2)c2cc(F)ccc2-3)no1. The molecule has 0 bridgehead atoms. The zero-order valence-electron chi connectivity index (χ0n) is 17.2. The minimum atomic E-state index is -0.276. The van der Waals surface area contributed by atoms with Crippen molar-refractivity contribution in [2.75, 3.05) is 4.90 Å². The van der Waals surface area contributed by atoms with Crippen molar-refractivity contribution in [1.29, 1.82) is 0 Å². The molecule has 6 rings (SSSR count). The van der Waals surface area contributed by atoms with Crippen molar-refractivity contribution in [2.45, 2.75) is 38.8 Å². The molecule has 0 radical (unpaired) electrons. The summed E-state index contributed by atoms with van der Waals surface area (Å²) in [5, 5.41) is 4.22. The summed E-state index contributed by atoms with van der Waals surface area (Å²) >= 11 is 0. The first-order chi connectivity index (χ1) is 15.1. The van der Waals surface area contributed by atoms with Crippen LogP contribution < -0.4 is 4.90 Å². The Morgan fingerprint density at radius 3 is 2.77 bits per heavy atom. The molecule has 0 saturated heterocycles. The van der Waals surface area contributed by atoms with Gasteiger partial charge in [-0.05, 0) is 49.6 Å². The second-order valence-electron chi connectivity index (χ2n) is 8.38. The number of anilines is 1. The molecule has 0 spiro atoms. The van der Waals surface area contributed by atoms with Gasteiger partial charge >= 0.3 is 0 Å². The monoisotopic (exact) mass is 416 g/mol. The van der Waals surface area contributed by atoms with Crippen LogP contribution in [0.5, 0.6) is 0 Å². The number of fused-ring (bicyclic) bond motifs is 3. The molecule has 1 aromatic carbocycles. The van der Waals surface area contributed by atoms with E-state index < -0.39 is 0 Å². The number of benzene rings is 1. The van der Waals surface area contributed by atoms with Crippen LogP contribution in [0.2, 0.25) is 0 Å². The quantitative estimate of drug-likeness (QED) is 0.482. The van der Waals surface area contributed by atoms with Gasteiger partial charge in [0.05, 0.1) is 35.3 Å². The molecular weight excluding hydrogens is 395 g/mol. The van der Waals surface area contributed by atoms with Gasteiger partial charge in [-0.1, -0.05) is 18.1 Å². The summed E-state index contributed by atoms with van der Waals surface area (Å²) in [4.78, 5) is 15.9. The first-order valence-corrected chi connectivity index (χ1v) is 10.5. The van der Waals surface area contributed by atoms with Crippen molar-refractivity contribution in [1.82, 2.24) is 24.7 Å². The van der Waals surface area contributed by atoms with Gasteiger partial charge in [0.1, 0.15) is 17.8 Å². The third kappa shape index (κ3) is 2.93. The summed E-state index contributed by atoms with van der Waals surface area (Å²) in [6.07, 6.45) is 4.60. The fraction of sp³-hybridized carbons (Fsp3) is 0.304. The number of rotatable bonds is 4. The molecule has 4 heterocycles. The van der Waals surface area contributed by atoms with Crippen LogP contribution in [0.15, 0.2) is 53.4 Å². The largest absolute Gasteiger partial charge is 0.355 e. The van der Waals surface area contributed by atoms with Gasteiger partial charge in [-0.25, -0.2) is 9.37 Å². The van der Waals surface area contributed by atoms with Crippen molar-refractivity contribution in [3.63, 3.8) is 0 Å². The van der Waals surface area contributed by atoms with Gasteiger partial charge in [-0.3, -0.25) is 9.55 Å². The van der Waals surface area contributed by atoms with Gasteiger partial charge in [-0.15, -0.1) is 0 Å². The Kier molecular flexibility index (Phi) is 3.96. The lowest BCUT2D eigenvalue weighted by molar-refractivity contribution is 0.376. The number of imidazole rings is 1. The molecule has 2 unspecified atom stereocenters. The molecular formula is C23H21FN6O. The molecule has 1 saturated carbocycles. The lowest BCUT2D eigenvalue weighted by atomic mass is 10.0. The van der Waals surface area contributed by atoms with Crippen LogP contribution in [0.1, 0.15) is 49.5 Å². The number of aromatic nitrogens is 5. The molecule has 3 atom stereocenters. The van der Waals surface area contributed by atoms with Gasteiger partial charge in [0.2, 0.25) is 11.7 Å². The van der Waals surface area contributed by atoms with Crippen LogP contribution in [-0.4, -0.2) is 24.7 Å². The summed E-state index contributed by atoms with van der Waals surface area (Å²) in [7, 11) is 0. The van der Waals surface area contributed by atoms with Gasteiger partial charge in [0, 0.05) is 12.1 Å². The second-order valence-corrected chi connectivity index (χ2v) is 8.38. The lowest BCUT2D eigenvalue weighted by Crippen LogP contribution is -2.33. The van der Waals surface area contributed by atoms with E-state index >= 15 is 0 Å². The Hall–Kier alpha value is -3.55. The zero-order chi connectivity index (χ0) is 21.1. The Balaban J connectivity index is 1.46. The van der Waals surface area contributed by atoms with Crippen molar-refractivity contribution in [3.05, 3.63) is 72.0 Å². The van der Waals surface area contributed by atoms with E-state index in [0.29, 0.717) is 35.8 Å². The summed E-state index contributed by atoms with van der Waals surface area (Å²) in [5.41, 5.74) is 4.21. The molecule has 4 aromatic rings. The molecule has 8 heteroatoms. The van der Waals surface area contributed by atoms with Gasteiger partial charge in [-0.2, -0.15) is 4.98 Å². The van der Waals surface area contributed by atoms with Crippen LogP contribution in [0.4, 0.5) is 10.1 Å². The molecule has 156 valence electrons. The topological polar surface area (TPSA) is 72.9 Å². The van der Waals surface area contributed by atoms with Crippen LogP contribution in [0.3, 0.4) is 0 Å². The van der Waals surface area contributed by atoms with E-state index in [2.05, 4.69) is 38.9 Å². The zero-order valence-corrected chi connectivity index (χ0v) is 17.2. The van der Waals surface area contributed by atoms with E-state index in [4.69, 9.17) is 4.52 Å². The van der Waals surface area contributed by atoms with Crippen LogP contribution in [0.25, 0.3) is 17.2 Å². The molecule has 7 nitrogen and oxygen atoms in total. The van der Waals surface area contributed by atoms with Crippen LogP contribution in [0, 0.1) is 11.7 Å². The van der Waals surface area contributed by atoms with E-state index in [9.17, 15) is 4.39 Å². The number of nitrogens with zero attached hydrogens (tertiary/aromatic N) is 6. The van der Waals surface area contributed by atoms with Gasteiger partial charge in [0.15, 0.2) is 0 Å². The number of hydrogen-bond acceptors (Lipinski definition) is 6. The predicted molar refractivity (Wildman–Crippen MR) is 112 cm³/mol. The molecule has 3 aromatic heterocycles. The highest BCUT2D eigenvalue weighted by atomic mass is 19.1. The van der Waals surface area contributed by atoms with Crippen molar-refractivity contribution in [2.24, 2.45) is 5.92 Å². The smallest absolute Gasteiger partial charge is 0.230 e. The molecule has 2 aliphatic rings. The fourth-order valence-corrected chi connectivity index (χ4v) is 4.44. The highest BCUT2D eigenvalue weighted by Crippen LogP contribution is 2.47. The van der Waals surface area contributed by atoms with E-state index in [0.717, 1.165) is 29.2 Å². The van der Waals surface area contributed by atoms with Crippen molar-refractivity contribution < 1.29 is 8.91 Å². The minimum Gasteiger partial charge on any atom is -0.355 e. The average Bonchev–Trinajstić information content (AvgIpc) is 3.17. The van der Waals surface area contributed by atoms with Gasteiger partial charge in [0.25, 0.3) is 0 Å². The Morgan fingerprint density at radius 1 is 1.13 bits per heavy atom. The summed E-state index contributed by atoms with van der Waals surface area (Å²) in [5.74, 6) is 1.83. The fourth-order valence-electron chi connectivity index (χ4n) is 4.44. The molecule has 1 aliphatic heterocycles. The second kappa shape index (κ2) is 6.73. The van der Waals surface area contributed by atoms with E-state index in [1.54, 1.807) is 24.7 Å². The maximum Gasteiger partial charge on any atom is 0.230 e. The van der Waals surface area contributed by atoms with Crippen LogP contribution in [-0.2, 0) is 6.54 Å². The first-order valence-electron chi connectivity index (χ1n) is 10.5. The normalized spacial score (nSPS) is 21.6. The third-order valence-electron chi connectivity index (χ3n) is 6.31. The molecule has 0 amide bonds. The van der Waals surface area contributed by atoms with E-state index in [-0.39, 0.29) is 11.9 Å². The minimum absolute atomic E-state index is 0.101. The summed E-state index contributed by atoms with van der Waals surface area (Å²) in [6.45, 7) is 4.80. The lowest BCUT2D eigenvalue weighted by Gasteiger charge is -2.37. The summed E-state index contributed by atoms with van der Waals surface area (Å²) < 4.78 is 21.7. The number of pyridine rings is 1. The maximum atomic E-state index is 14.2. The molecule has 0 N–H and O–H groups in total. The van der Waals surface area contributed by atoms with Crippen molar-refractivity contribution >= 4 is 5.69 Å². The van der Waals surface area contributed by atoms with Gasteiger partial charge < -0.3 is 9.42 Å². The maximum absolute atomic E-state index is 14.2. The molecule has 1 fully saturated rings. The highest BCUT2D eigenvalue weighted by Gasteiger charge is 2.40. The van der Waals surface area contributed by atoms with Crippen molar-refractivity contribution in [3.8, 4) is 17.2 Å². The molecule has 1 aliphatic carbocycles. The van der Waals surface area contributed by atoms with E-state index in [1.807, 2.05) is 22.8 Å². The molecule has 31 heavy (non-hydrogen) atoms. The predicted octanol–water partition coefficient (Wildman–Crippen LogP) is 4.66. The number of halogens is 1. The highest BCUT2D eigenvalue weighted by molar-refractivity contribution is 5.70. The van der Waals surface area contributed by atoms with Crippen LogP contribution >= 0.6 is 0 Å². The average molecular weight is 416 g/mol. The standard InChI is InChI=1S/C23H21FN6O/c1-13-9-17(13)23-27-22(28-31-23)20-21-14(2)29(11-16-5-3-4-8-25-16)19-10-15(24)6-7-18(19)30(21)12-26-20/h3-8,10,12-14,17H,9,11H2,1-2H3/t13?,14-,17?/m1/s1. The number of hydrogen-bond donors (Lipinski definition) is 0. The third-order valence-corrected chi connectivity index (χ3v) is 6.31. The summed E-state index contributed by atoms with van der Waals surface area (Å²) in [6, 6.07) is 10.5. The van der Waals surface area contributed by atoms with E-state index in [1.165, 1.54) is 6.07 Å². The Bertz CT molecular complexity index is 1270. The first kappa shape index (κ1) is 18.2. The Labute approximate surface area is 178 Å². The Morgan fingerprint density at radius 2 is 2.00 bits per heavy atom.